The second-order valence-corrected chi connectivity index (χ2v) is 9.96. The maximum absolute atomic E-state index is 13.3. The molecule has 1 N–H and O–H groups in total. The quantitative estimate of drug-likeness (QED) is 0.732. The van der Waals surface area contributed by atoms with Crippen LogP contribution >= 0.6 is 11.8 Å². The highest BCUT2D eigenvalue weighted by atomic mass is 32.2. The van der Waals surface area contributed by atoms with Crippen LogP contribution < -0.4 is 5.32 Å². The minimum atomic E-state index is -0.130. The smallest absolute Gasteiger partial charge is 0.221 e. The zero-order valence-corrected chi connectivity index (χ0v) is 17.3. The van der Waals surface area contributed by atoms with Gasteiger partial charge in [0.05, 0.1) is 11.4 Å². The van der Waals surface area contributed by atoms with E-state index in [1.165, 1.54) is 37.9 Å². The van der Waals surface area contributed by atoms with E-state index in [9.17, 15) is 9.59 Å². The molecular weight excluding hydrogens is 386 g/mol. The molecule has 6 rings (SSSR count). The van der Waals surface area contributed by atoms with Gasteiger partial charge in [0.2, 0.25) is 11.1 Å². The standard InChI is InChI=1S/C21H25N5O2S/c1-13(27)22-17-3-2-4-18(8-17)26-20(23-24-25-26)29-12-19(28)21-9-14-5-15(10-21)7-16(6-14)11-21/h2-4,8,14-16H,5-7,9-12H2,1H3,(H,22,27). The minimum Gasteiger partial charge on any atom is -0.326 e. The first-order valence-corrected chi connectivity index (χ1v) is 11.3. The van der Waals surface area contributed by atoms with Crippen molar-refractivity contribution in [2.45, 2.75) is 50.6 Å². The molecule has 29 heavy (non-hydrogen) atoms. The summed E-state index contributed by atoms with van der Waals surface area (Å²) in [5.41, 5.74) is 1.35. The van der Waals surface area contributed by atoms with Gasteiger partial charge in [-0.3, -0.25) is 9.59 Å². The van der Waals surface area contributed by atoms with Crippen LogP contribution in [0.4, 0.5) is 5.69 Å². The molecule has 1 heterocycles. The molecule has 0 spiro atoms. The van der Waals surface area contributed by atoms with Gasteiger partial charge in [-0.2, -0.15) is 4.68 Å². The number of anilines is 1. The van der Waals surface area contributed by atoms with Crippen molar-refractivity contribution in [3.63, 3.8) is 0 Å². The Morgan fingerprint density at radius 3 is 2.52 bits per heavy atom. The number of carbonyl (C=O) groups is 2. The number of thioether (sulfide) groups is 1. The summed E-state index contributed by atoms with van der Waals surface area (Å²) in [6, 6.07) is 7.37. The summed E-state index contributed by atoms with van der Waals surface area (Å²) in [6.45, 7) is 1.47. The number of carbonyl (C=O) groups excluding carboxylic acids is 2. The van der Waals surface area contributed by atoms with Crippen LogP contribution in [-0.2, 0) is 9.59 Å². The topological polar surface area (TPSA) is 89.8 Å². The van der Waals surface area contributed by atoms with Gasteiger partial charge in [0, 0.05) is 18.0 Å². The van der Waals surface area contributed by atoms with Crippen molar-refractivity contribution < 1.29 is 9.59 Å². The number of hydrogen-bond acceptors (Lipinski definition) is 6. The third-order valence-electron chi connectivity index (χ3n) is 6.81. The van der Waals surface area contributed by atoms with Crippen molar-refractivity contribution in [2.24, 2.45) is 23.2 Å². The molecule has 4 aliphatic carbocycles. The third-order valence-corrected chi connectivity index (χ3v) is 7.73. The van der Waals surface area contributed by atoms with Gasteiger partial charge in [-0.15, -0.1) is 5.10 Å². The molecule has 7 nitrogen and oxygen atoms in total. The maximum atomic E-state index is 13.3. The molecule has 0 aliphatic heterocycles. The van der Waals surface area contributed by atoms with Crippen LogP contribution in [0.15, 0.2) is 29.4 Å². The van der Waals surface area contributed by atoms with Crippen LogP contribution in [0.1, 0.15) is 45.4 Å². The summed E-state index contributed by atoms with van der Waals surface area (Å²) >= 11 is 1.42. The third kappa shape index (κ3) is 3.58. The molecule has 0 unspecified atom stereocenters. The van der Waals surface area contributed by atoms with Gasteiger partial charge in [0.25, 0.3) is 0 Å². The van der Waals surface area contributed by atoms with Crippen LogP contribution in [-0.4, -0.2) is 37.7 Å². The highest BCUT2D eigenvalue weighted by Gasteiger charge is 2.54. The zero-order chi connectivity index (χ0) is 20.0. The van der Waals surface area contributed by atoms with Crippen LogP contribution in [0.3, 0.4) is 0 Å². The monoisotopic (exact) mass is 411 g/mol. The van der Waals surface area contributed by atoms with Crippen molar-refractivity contribution in [1.82, 2.24) is 20.2 Å². The molecule has 8 heteroatoms. The number of aromatic nitrogens is 4. The Morgan fingerprint density at radius 1 is 1.17 bits per heavy atom. The number of amides is 1. The Hall–Kier alpha value is -2.22. The molecule has 4 fully saturated rings. The summed E-state index contributed by atoms with van der Waals surface area (Å²) < 4.78 is 1.63. The van der Waals surface area contributed by atoms with Crippen molar-refractivity contribution in [1.29, 1.82) is 0 Å². The zero-order valence-electron chi connectivity index (χ0n) is 16.5. The number of rotatable bonds is 6. The molecule has 1 aromatic heterocycles. The number of ketones is 1. The van der Waals surface area contributed by atoms with Crippen molar-refractivity contribution in [2.75, 3.05) is 11.1 Å². The van der Waals surface area contributed by atoms with E-state index >= 15 is 0 Å². The summed E-state index contributed by atoms with van der Waals surface area (Å²) in [7, 11) is 0. The molecule has 0 radical (unpaired) electrons. The van der Waals surface area contributed by atoms with E-state index in [0.717, 1.165) is 42.7 Å². The van der Waals surface area contributed by atoms with Crippen molar-refractivity contribution in [3.05, 3.63) is 24.3 Å². The Balaban J connectivity index is 1.30. The van der Waals surface area contributed by atoms with Gasteiger partial charge in [0.1, 0.15) is 5.78 Å². The first-order valence-electron chi connectivity index (χ1n) is 10.3. The van der Waals surface area contributed by atoms with Gasteiger partial charge in [-0.25, -0.2) is 0 Å². The lowest BCUT2D eigenvalue weighted by Gasteiger charge is -2.56. The van der Waals surface area contributed by atoms with Crippen LogP contribution in [0.25, 0.3) is 5.69 Å². The highest BCUT2D eigenvalue weighted by molar-refractivity contribution is 7.99. The lowest BCUT2D eigenvalue weighted by Crippen LogP contribution is -2.50. The first-order chi connectivity index (χ1) is 14.0. The summed E-state index contributed by atoms with van der Waals surface area (Å²) in [5, 5.41) is 15.4. The molecular formula is C21H25N5O2S. The van der Waals surface area contributed by atoms with Gasteiger partial charge in [-0.1, -0.05) is 17.8 Å². The Morgan fingerprint density at radius 2 is 1.86 bits per heavy atom. The van der Waals surface area contributed by atoms with E-state index in [-0.39, 0.29) is 11.3 Å². The van der Waals surface area contributed by atoms with E-state index in [0.29, 0.717) is 22.4 Å². The van der Waals surface area contributed by atoms with Gasteiger partial charge in [-0.05, 0) is 84.9 Å². The molecule has 2 aromatic rings. The predicted molar refractivity (Wildman–Crippen MR) is 110 cm³/mol. The second-order valence-electron chi connectivity index (χ2n) is 9.01. The van der Waals surface area contributed by atoms with Gasteiger partial charge < -0.3 is 5.32 Å². The van der Waals surface area contributed by atoms with Crippen LogP contribution in [0, 0.1) is 23.2 Å². The lowest BCUT2D eigenvalue weighted by molar-refractivity contribution is -0.141. The van der Waals surface area contributed by atoms with Crippen molar-refractivity contribution in [3.8, 4) is 5.69 Å². The van der Waals surface area contributed by atoms with E-state index in [4.69, 9.17) is 0 Å². The highest BCUT2D eigenvalue weighted by Crippen LogP contribution is 2.60. The summed E-state index contributed by atoms with van der Waals surface area (Å²) in [6.07, 6.45) is 7.26. The molecule has 4 bridgehead atoms. The molecule has 4 aliphatic rings. The van der Waals surface area contributed by atoms with Crippen LogP contribution in [0.5, 0.6) is 0 Å². The largest absolute Gasteiger partial charge is 0.326 e. The number of hydrogen-bond donors (Lipinski definition) is 1. The molecule has 0 atom stereocenters. The van der Waals surface area contributed by atoms with Gasteiger partial charge >= 0.3 is 0 Å². The first kappa shape index (κ1) is 18.8. The molecule has 152 valence electrons. The van der Waals surface area contributed by atoms with E-state index in [1.54, 1.807) is 4.68 Å². The normalized spacial score (nSPS) is 29.8. The number of nitrogens with one attached hydrogen (secondary N) is 1. The average Bonchev–Trinajstić information content (AvgIpc) is 3.13. The fraction of sp³-hybridized carbons (Fsp3) is 0.571. The predicted octanol–water partition coefficient (Wildman–Crippen LogP) is 3.50. The number of tetrazole rings is 1. The molecule has 4 saturated carbocycles. The van der Waals surface area contributed by atoms with Crippen molar-refractivity contribution >= 4 is 29.1 Å². The minimum absolute atomic E-state index is 0.0919. The Labute approximate surface area is 174 Å². The second kappa shape index (κ2) is 7.23. The van der Waals surface area contributed by atoms with Crippen LogP contribution in [0.2, 0.25) is 0 Å². The number of nitrogens with zero attached hydrogens (tertiary/aromatic N) is 4. The fourth-order valence-corrected chi connectivity index (χ4v) is 7.01. The molecule has 0 saturated heterocycles. The summed E-state index contributed by atoms with van der Waals surface area (Å²) in [4.78, 5) is 24.6. The molecule has 1 aromatic carbocycles. The summed E-state index contributed by atoms with van der Waals surface area (Å²) in [5.74, 6) is 2.95. The number of benzene rings is 1. The molecule has 1 amide bonds. The maximum Gasteiger partial charge on any atom is 0.221 e. The Kier molecular flexibility index (Phi) is 4.69. The number of Topliss-reactive ketones (excluding diaryl/α,β-unsaturated/α-hetero) is 1. The lowest BCUT2D eigenvalue weighted by atomic mass is 9.48. The van der Waals surface area contributed by atoms with E-state index in [1.807, 2.05) is 24.3 Å². The van der Waals surface area contributed by atoms with Gasteiger partial charge in [0.15, 0.2) is 0 Å². The fourth-order valence-electron chi connectivity index (χ4n) is 6.08. The average molecular weight is 412 g/mol. The SMILES string of the molecule is CC(=O)Nc1cccc(-n2nnnc2SCC(=O)C23CC4CC(CC(C4)C2)C3)c1. The van der Waals surface area contributed by atoms with E-state index in [2.05, 4.69) is 20.8 Å². The Bertz CT molecular complexity index is 921. The van der Waals surface area contributed by atoms with E-state index < -0.39 is 0 Å².